The number of carbonyl (C=O) groups excluding carboxylic acids is 1. The highest BCUT2D eigenvalue weighted by Crippen LogP contribution is 2.22. The summed E-state index contributed by atoms with van der Waals surface area (Å²) in [4.78, 5) is 20.7. The first-order chi connectivity index (χ1) is 8.13. The Kier molecular flexibility index (Phi) is 3.42. The fourth-order valence-electron chi connectivity index (χ4n) is 1.91. The molecule has 1 saturated heterocycles. The van der Waals surface area contributed by atoms with Crippen LogP contribution in [0.4, 0.5) is 10.2 Å². The summed E-state index contributed by atoms with van der Waals surface area (Å²) in [5.74, 6) is -0.595. The molecule has 0 saturated carbocycles. The van der Waals surface area contributed by atoms with Gasteiger partial charge in [0.05, 0.1) is 6.20 Å². The number of carbonyl (C=O) groups is 1. The van der Waals surface area contributed by atoms with E-state index in [0.717, 1.165) is 6.20 Å². The lowest BCUT2D eigenvalue weighted by molar-refractivity contribution is -0.123. The number of nitrogens with one attached hydrogen (secondary N) is 1. The van der Waals surface area contributed by atoms with Crippen molar-refractivity contribution in [2.24, 2.45) is 0 Å². The van der Waals surface area contributed by atoms with Gasteiger partial charge < -0.3 is 10.2 Å². The lowest BCUT2D eigenvalue weighted by Gasteiger charge is -2.35. The molecular weight excluding hydrogens is 247 g/mol. The van der Waals surface area contributed by atoms with E-state index < -0.39 is 11.9 Å². The van der Waals surface area contributed by atoms with Crippen LogP contribution in [0.15, 0.2) is 6.20 Å². The molecule has 0 bridgehead atoms. The zero-order valence-corrected chi connectivity index (χ0v) is 10.0. The molecule has 1 unspecified atom stereocenters. The van der Waals surface area contributed by atoms with Crippen LogP contribution in [-0.2, 0) is 4.79 Å². The standard InChI is InChI=1S/C10H12ClFN4O/c1-2-7-9(17)13-3-4-16(7)8-6(12)5-14-10(11)15-8/h5,7H,2-4H2,1H3,(H,13,17). The maximum absolute atomic E-state index is 13.6. The van der Waals surface area contributed by atoms with Crippen molar-refractivity contribution in [3.8, 4) is 0 Å². The Morgan fingerprint density at radius 3 is 3.18 bits per heavy atom. The highest BCUT2D eigenvalue weighted by Gasteiger charge is 2.30. The molecule has 0 aromatic carbocycles. The van der Waals surface area contributed by atoms with Crippen molar-refractivity contribution in [3.05, 3.63) is 17.3 Å². The average molecular weight is 259 g/mol. The molecule has 1 aromatic heterocycles. The summed E-state index contributed by atoms with van der Waals surface area (Å²) in [6.07, 6.45) is 1.59. The number of aromatic nitrogens is 2. The number of nitrogens with zero attached hydrogens (tertiary/aromatic N) is 3. The molecule has 2 heterocycles. The summed E-state index contributed by atoms with van der Waals surface area (Å²) >= 11 is 5.65. The van der Waals surface area contributed by atoms with Crippen LogP contribution in [0.2, 0.25) is 5.28 Å². The summed E-state index contributed by atoms with van der Waals surface area (Å²) in [6.45, 7) is 2.84. The quantitative estimate of drug-likeness (QED) is 0.804. The number of amides is 1. The van der Waals surface area contributed by atoms with Crippen LogP contribution in [0.25, 0.3) is 0 Å². The third-order valence-corrected chi connectivity index (χ3v) is 2.87. The van der Waals surface area contributed by atoms with E-state index in [2.05, 4.69) is 15.3 Å². The van der Waals surface area contributed by atoms with E-state index in [1.54, 1.807) is 4.90 Å². The lowest BCUT2D eigenvalue weighted by atomic mass is 10.1. The lowest BCUT2D eigenvalue weighted by Crippen LogP contribution is -2.55. The van der Waals surface area contributed by atoms with Gasteiger partial charge in [-0.3, -0.25) is 4.79 Å². The fourth-order valence-corrected chi connectivity index (χ4v) is 2.04. The summed E-state index contributed by atoms with van der Waals surface area (Å²) in [5, 5.41) is 2.71. The van der Waals surface area contributed by atoms with Crippen molar-refractivity contribution >= 4 is 23.3 Å². The highest BCUT2D eigenvalue weighted by atomic mass is 35.5. The Hall–Kier alpha value is -1.43. The van der Waals surface area contributed by atoms with Crippen LogP contribution in [0, 0.1) is 5.82 Å². The van der Waals surface area contributed by atoms with Gasteiger partial charge in [0.1, 0.15) is 6.04 Å². The first-order valence-corrected chi connectivity index (χ1v) is 5.73. The molecule has 0 aliphatic carbocycles. The Labute approximate surface area is 103 Å². The molecule has 1 atom stereocenters. The van der Waals surface area contributed by atoms with Crippen LogP contribution < -0.4 is 10.2 Å². The molecule has 0 spiro atoms. The predicted molar refractivity (Wildman–Crippen MR) is 61.4 cm³/mol. The molecule has 1 aromatic rings. The van der Waals surface area contributed by atoms with Crippen molar-refractivity contribution in [2.75, 3.05) is 18.0 Å². The Balaban J connectivity index is 2.36. The molecule has 1 amide bonds. The maximum Gasteiger partial charge on any atom is 0.242 e. The molecule has 17 heavy (non-hydrogen) atoms. The van der Waals surface area contributed by atoms with Crippen molar-refractivity contribution in [1.29, 1.82) is 0 Å². The van der Waals surface area contributed by atoms with E-state index in [1.165, 1.54) is 0 Å². The van der Waals surface area contributed by atoms with Crippen LogP contribution in [0.1, 0.15) is 13.3 Å². The molecule has 0 radical (unpaired) electrons. The second-order valence-corrected chi connectivity index (χ2v) is 4.06. The zero-order chi connectivity index (χ0) is 12.4. The van der Waals surface area contributed by atoms with Crippen molar-refractivity contribution < 1.29 is 9.18 Å². The highest BCUT2D eigenvalue weighted by molar-refractivity contribution is 6.28. The van der Waals surface area contributed by atoms with Crippen molar-refractivity contribution in [1.82, 2.24) is 15.3 Å². The topological polar surface area (TPSA) is 58.1 Å². The Morgan fingerprint density at radius 2 is 2.47 bits per heavy atom. The van der Waals surface area contributed by atoms with E-state index in [9.17, 15) is 9.18 Å². The number of anilines is 1. The van der Waals surface area contributed by atoms with Gasteiger partial charge in [0.15, 0.2) is 11.6 Å². The van der Waals surface area contributed by atoms with Crippen molar-refractivity contribution in [2.45, 2.75) is 19.4 Å². The summed E-state index contributed by atoms with van der Waals surface area (Å²) in [7, 11) is 0. The fraction of sp³-hybridized carbons (Fsp3) is 0.500. The zero-order valence-electron chi connectivity index (χ0n) is 9.28. The molecule has 1 aliphatic rings. The number of rotatable bonds is 2. The number of hydrogen-bond donors (Lipinski definition) is 1. The van der Waals surface area contributed by atoms with Crippen molar-refractivity contribution in [3.63, 3.8) is 0 Å². The summed E-state index contributed by atoms with van der Waals surface area (Å²) in [5.41, 5.74) is 0. The number of halogens is 2. The smallest absolute Gasteiger partial charge is 0.242 e. The minimum Gasteiger partial charge on any atom is -0.353 e. The average Bonchev–Trinajstić information content (AvgIpc) is 2.32. The first-order valence-electron chi connectivity index (χ1n) is 5.36. The van der Waals surface area contributed by atoms with Gasteiger partial charge >= 0.3 is 0 Å². The van der Waals surface area contributed by atoms with Gasteiger partial charge in [-0.15, -0.1) is 0 Å². The van der Waals surface area contributed by atoms with Gasteiger partial charge in [-0.05, 0) is 18.0 Å². The van der Waals surface area contributed by atoms with Gasteiger partial charge in [0.25, 0.3) is 0 Å². The Bertz CT molecular complexity index is 442. The first kappa shape index (κ1) is 12.0. The van der Waals surface area contributed by atoms with E-state index in [0.29, 0.717) is 19.5 Å². The van der Waals surface area contributed by atoms with Crippen LogP contribution in [0.3, 0.4) is 0 Å². The molecule has 7 heteroatoms. The summed E-state index contributed by atoms with van der Waals surface area (Å²) in [6, 6.07) is -0.413. The molecule has 1 fully saturated rings. The largest absolute Gasteiger partial charge is 0.353 e. The second-order valence-electron chi connectivity index (χ2n) is 3.72. The maximum atomic E-state index is 13.6. The second kappa shape index (κ2) is 4.83. The third-order valence-electron chi connectivity index (χ3n) is 2.69. The molecule has 92 valence electrons. The van der Waals surface area contributed by atoms with E-state index >= 15 is 0 Å². The predicted octanol–water partition coefficient (Wildman–Crippen LogP) is 0.984. The number of piperazine rings is 1. The molecule has 1 aliphatic heterocycles. The van der Waals surface area contributed by atoms with Crippen LogP contribution in [0.5, 0.6) is 0 Å². The minimum absolute atomic E-state index is 0.0257. The summed E-state index contributed by atoms with van der Waals surface area (Å²) < 4.78 is 13.6. The number of hydrogen-bond acceptors (Lipinski definition) is 4. The third kappa shape index (κ3) is 2.31. The van der Waals surface area contributed by atoms with E-state index in [1.807, 2.05) is 6.92 Å². The van der Waals surface area contributed by atoms with Gasteiger partial charge in [-0.2, -0.15) is 4.98 Å². The van der Waals surface area contributed by atoms with Gasteiger partial charge in [-0.1, -0.05) is 6.92 Å². The normalized spacial score (nSPS) is 20.3. The minimum atomic E-state index is -0.567. The van der Waals surface area contributed by atoms with Gasteiger partial charge in [0, 0.05) is 13.1 Å². The molecule has 5 nitrogen and oxygen atoms in total. The van der Waals surface area contributed by atoms with Gasteiger partial charge in [0.2, 0.25) is 11.2 Å². The van der Waals surface area contributed by atoms with Gasteiger partial charge in [-0.25, -0.2) is 9.37 Å². The molecule has 2 rings (SSSR count). The van der Waals surface area contributed by atoms with Crippen LogP contribution >= 0.6 is 11.6 Å². The van der Waals surface area contributed by atoms with E-state index in [4.69, 9.17) is 11.6 Å². The monoisotopic (exact) mass is 258 g/mol. The van der Waals surface area contributed by atoms with E-state index in [-0.39, 0.29) is 17.0 Å². The Morgan fingerprint density at radius 1 is 1.71 bits per heavy atom. The van der Waals surface area contributed by atoms with Crippen LogP contribution in [-0.4, -0.2) is 35.0 Å². The molecule has 1 N–H and O–H groups in total. The molecular formula is C10H12ClFN4O. The SMILES string of the molecule is CCC1C(=O)NCCN1c1nc(Cl)ncc1F.